The van der Waals surface area contributed by atoms with Crippen molar-refractivity contribution < 1.29 is 9.53 Å². The molecule has 19 heavy (non-hydrogen) atoms. The second-order valence-electron chi connectivity index (χ2n) is 5.61. The van der Waals surface area contributed by atoms with Crippen LogP contribution in [0.2, 0.25) is 0 Å². The van der Waals surface area contributed by atoms with Crippen molar-refractivity contribution in [2.75, 3.05) is 13.2 Å². The Balaban J connectivity index is 3.50. The Morgan fingerprint density at radius 3 is 2.42 bits per heavy atom. The molecule has 0 amide bonds. The van der Waals surface area contributed by atoms with Crippen LogP contribution in [0.15, 0.2) is 4.99 Å². The lowest BCUT2D eigenvalue weighted by Crippen LogP contribution is -2.45. The number of carbonyl (C=O) groups excluding carboxylic acids is 1. The molecule has 0 unspecified atom stereocenters. The molecule has 0 saturated heterocycles. The topological polar surface area (TPSA) is 76.7 Å². The lowest BCUT2D eigenvalue weighted by Gasteiger charge is -2.20. The SMILES string of the molecule is CCOC(=O)CCCCCCN=C(N)NC(C)(C)C. The Morgan fingerprint density at radius 2 is 1.84 bits per heavy atom. The van der Waals surface area contributed by atoms with E-state index in [1.54, 1.807) is 0 Å². The Hall–Kier alpha value is -1.26. The number of guanidine groups is 1. The monoisotopic (exact) mass is 271 g/mol. The van der Waals surface area contributed by atoms with Crippen molar-refractivity contribution in [1.82, 2.24) is 5.32 Å². The highest BCUT2D eigenvalue weighted by Gasteiger charge is 2.09. The fourth-order valence-corrected chi connectivity index (χ4v) is 1.59. The maximum atomic E-state index is 11.1. The summed E-state index contributed by atoms with van der Waals surface area (Å²) in [6.45, 7) is 9.16. The number of aliphatic imine (C=N–C) groups is 1. The Kier molecular flexibility index (Phi) is 9.00. The quantitative estimate of drug-likeness (QED) is 0.307. The molecule has 0 aliphatic carbocycles. The molecule has 0 spiro atoms. The Labute approximate surface area is 117 Å². The lowest BCUT2D eigenvalue weighted by molar-refractivity contribution is -0.143. The van der Waals surface area contributed by atoms with Crippen LogP contribution in [0.5, 0.6) is 0 Å². The van der Waals surface area contributed by atoms with Gasteiger partial charge in [-0.1, -0.05) is 12.8 Å². The maximum absolute atomic E-state index is 11.1. The standard InChI is InChI=1S/C14H29N3O2/c1-5-19-12(18)10-8-6-7-9-11-16-13(15)17-14(2,3)4/h5-11H2,1-4H3,(H3,15,16,17). The van der Waals surface area contributed by atoms with Crippen molar-refractivity contribution in [3.05, 3.63) is 0 Å². The van der Waals surface area contributed by atoms with Crippen LogP contribution in [-0.2, 0) is 9.53 Å². The molecule has 0 radical (unpaired) electrons. The fraction of sp³-hybridized carbons (Fsp3) is 0.857. The minimum absolute atomic E-state index is 0.0484. The van der Waals surface area contributed by atoms with Gasteiger partial charge in [0.1, 0.15) is 0 Å². The summed E-state index contributed by atoms with van der Waals surface area (Å²) in [5.41, 5.74) is 5.70. The van der Waals surface area contributed by atoms with E-state index < -0.39 is 0 Å². The lowest BCUT2D eigenvalue weighted by atomic mass is 10.1. The van der Waals surface area contributed by atoms with Crippen LogP contribution >= 0.6 is 0 Å². The van der Waals surface area contributed by atoms with E-state index in [1.165, 1.54) is 0 Å². The Bertz CT molecular complexity index is 283. The molecular weight excluding hydrogens is 242 g/mol. The molecule has 0 aliphatic heterocycles. The van der Waals surface area contributed by atoms with Crippen LogP contribution in [0, 0.1) is 0 Å². The van der Waals surface area contributed by atoms with Crippen molar-refractivity contribution in [2.45, 2.75) is 65.3 Å². The smallest absolute Gasteiger partial charge is 0.305 e. The summed E-state index contributed by atoms with van der Waals surface area (Å²) in [7, 11) is 0. The number of nitrogens with zero attached hydrogens (tertiary/aromatic N) is 1. The highest BCUT2D eigenvalue weighted by Crippen LogP contribution is 2.04. The average molecular weight is 271 g/mol. The van der Waals surface area contributed by atoms with Gasteiger partial charge in [-0.05, 0) is 40.5 Å². The minimum atomic E-state index is -0.0980. The van der Waals surface area contributed by atoms with Gasteiger partial charge in [-0.2, -0.15) is 0 Å². The highest BCUT2D eigenvalue weighted by molar-refractivity contribution is 5.78. The van der Waals surface area contributed by atoms with E-state index in [0.29, 0.717) is 19.0 Å². The molecule has 0 bridgehead atoms. The van der Waals surface area contributed by atoms with Crippen LogP contribution < -0.4 is 11.1 Å². The third-order valence-electron chi connectivity index (χ3n) is 2.38. The maximum Gasteiger partial charge on any atom is 0.305 e. The molecule has 0 aliphatic rings. The van der Waals surface area contributed by atoms with Crippen molar-refractivity contribution in [1.29, 1.82) is 0 Å². The molecule has 3 N–H and O–H groups in total. The van der Waals surface area contributed by atoms with Crippen LogP contribution in [0.4, 0.5) is 0 Å². The van der Waals surface area contributed by atoms with Gasteiger partial charge >= 0.3 is 5.97 Å². The summed E-state index contributed by atoms with van der Waals surface area (Å²) in [6.07, 6.45) is 4.49. The predicted octanol–water partition coefficient (Wildman–Crippen LogP) is 2.20. The minimum Gasteiger partial charge on any atom is -0.466 e. The van der Waals surface area contributed by atoms with Crippen LogP contribution in [0.3, 0.4) is 0 Å². The zero-order valence-corrected chi connectivity index (χ0v) is 12.8. The van der Waals surface area contributed by atoms with Crippen LogP contribution in [-0.4, -0.2) is 30.6 Å². The number of unbranched alkanes of at least 4 members (excludes halogenated alkanes) is 3. The summed E-state index contributed by atoms with van der Waals surface area (Å²) in [5.74, 6) is 0.401. The number of nitrogens with two attached hydrogens (primary N) is 1. The van der Waals surface area contributed by atoms with Gasteiger partial charge in [0, 0.05) is 18.5 Å². The van der Waals surface area contributed by atoms with Crippen molar-refractivity contribution in [2.24, 2.45) is 10.7 Å². The predicted molar refractivity (Wildman–Crippen MR) is 79.1 cm³/mol. The van der Waals surface area contributed by atoms with Gasteiger partial charge in [0.15, 0.2) is 5.96 Å². The summed E-state index contributed by atoms with van der Waals surface area (Å²) < 4.78 is 4.86. The molecule has 0 saturated carbocycles. The van der Waals surface area contributed by atoms with E-state index in [4.69, 9.17) is 10.5 Å². The summed E-state index contributed by atoms with van der Waals surface area (Å²) in [4.78, 5) is 15.3. The van der Waals surface area contributed by atoms with Crippen LogP contribution in [0.1, 0.15) is 59.8 Å². The second-order valence-corrected chi connectivity index (χ2v) is 5.61. The van der Waals surface area contributed by atoms with Crippen LogP contribution in [0.25, 0.3) is 0 Å². The van der Waals surface area contributed by atoms with E-state index in [0.717, 1.165) is 32.2 Å². The normalized spacial score (nSPS) is 12.3. The number of ether oxygens (including phenoxy) is 1. The third-order valence-corrected chi connectivity index (χ3v) is 2.38. The second kappa shape index (κ2) is 9.64. The molecule has 5 nitrogen and oxygen atoms in total. The van der Waals surface area contributed by atoms with Gasteiger partial charge in [0.25, 0.3) is 0 Å². The zero-order chi connectivity index (χ0) is 14.7. The summed E-state index contributed by atoms with van der Waals surface area (Å²) in [5, 5.41) is 3.12. The van der Waals surface area contributed by atoms with Gasteiger partial charge in [-0.3, -0.25) is 9.79 Å². The summed E-state index contributed by atoms with van der Waals surface area (Å²) >= 11 is 0. The summed E-state index contributed by atoms with van der Waals surface area (Å²) in [6, 6.07) is 0. The van der Waals surface area contributed by atoms with E-state index in [2.05, 4.69) is 10.3 Å². The van der Waals surface area contributed by atoms with Gasteiger partial charge in [-0.15, -0.1) is 0 Å². The highest BCUT2D eigenvalue weighted by atomic mass is 16.5. The van der Waals surface area contributed by atoms with Gasteiger partial charge in [0.2, 0.25) is 0 Å². The first-order chi connectivity index (χ1) is 8.85. The number of hydrogen-bond acceptors (Lipinski definition) is 3. The molecule has 0 fully saturated rings. The van der Waals surface area contributed by atoms with Gasteiger partial charge in [-0.25, -0.2) is 0 Å². The van der Waals surface area contributed by atoms with Crippen molar-refractivity contribution in [3.63, 3.8) is 0 Å². The first kappa shape index (κ1) is 17.7. The molecule has 5 heteroatoms. The first-order valence-electron chi connectivity index (χ1n) is 7.09. The number of esters is 1. The molecular formula is C14H29N3O2. The molecule has 0 heterocycles. The van der Waals surface area contributed by atoms with Gasteiger partial charge in [0.05, 0.1) is 6.61 Å². The molecule has 112 valence electrons. The Morgan fingerprint density at radius 1 is 1.21 bits per heavy atom. The number of carbonyl (C=O) groups is 1. The van der Waals surface area contributed by atoms with E-state index in [-0.39, 0.29) is 11.5 Å². The molecule has 0 aromatic heterocycles. The van der Waals surface area contributed by atoms with Crippen molar-refractivity contribution >= 4 is 11.9 Å². The third kappa shape index (κ3) is 13.0. The average Bonchev–Trinajstić information content (AvgIpc) is 2.25. The molecule has 0 aromatic carbocycles. The molecule has 0 aromatic rings. The fourth-order valence-electron chi connectivity index (χ4n) is 1.59. The van der Waals surface area contributed by atoms with Crippen molar-refractivity contribution in [3.8, 4) is 0 Å². The first-order valence-corrected chi connectivity index (χ1v) is 7.09. The number of rotatable bonds is 8. The zero-order valence-electron chi connectivity index (χ0n) is 12.8. The van der Waals surface area contributed by atoms with E-state index in [9.17, 15) is 4.79 Å². The van der Waals surface area contributed by atoms with E-state index in [1.807, 2.05) is 27.7 Å². The number of nitrogens with one attached hydrogen (secondary N) is 1. The molecule has 0 rings (SSSR count). The van der Waals surface area contributed by atoms with Gasteiger partial charge < -0.3 is 15.8 Å². The molecule has 0 atom stereocenters. The number of hydrogen-bond donors (Lipinski definition) is 2. The largest absolute Gasteiger partial charge is 0.466 e. The van der Waals surface area contributed by atoms with E-state index >= 15 is 0 Å².